The second-order valence-corrected chi connectivity index (χ2v) is 4.05. The fourth-order valence-electron chi connectivity index (χ4n) is 1.58. The fraction of sp³-hybridized carbons (Fsp3) is 0.143. The molecule has 92 valence electrons. The van der Waals surface area contributed by atoms with Crippen LogP contribution in [-0.2, 0) is 0 Å². The summed E-state index contributed by atoms with van der Waals surface area (Å²) in [7, 11) is 1.64. The molecule has 18 heavy (non-hydrogen) atoms. The van der Waals surface area contributed by atoms with E-state index < -0.39 is 5.95 Å². The molecule has 0 unspecified atom stereocenters. The Hall–Kier alpha value is -2.23. The Labute approximate surface area is 105 Å². The Morgan fingerprint density at radius 1 is 1.17 bits per heavy atom. The molecule has 1 aromatic heterocycles. The highest BCUT2D eigenvalue weighted by Gasteiger charge is 2.15. The van der Waals surface area contributed by atoms with Crippen LogP contribution in [0.15, 0.2) is 42.5 Å². The SMILES string of the molecule is Cc1ccc(N(C)C(=O)c2cccc(F)n2)cc1. The van der Waals surface area contributed by atoms with Crippen molar-refractivity contribution in [3.05, 3.63) is 59.7 Å². The van der Waals surface area contributed by atoms with E-state index in [4.69, 9.17) is 0 Å². The van der Waals surface area contributed by atoms with E-state index >= 15 is 0 Å². The molecule has 0 aliphatic rings. The molecule has 0 saturated carbocycles. The van der Waals surface area contributed by atoms with E-state index in [1.807, 2.05) is 31.2 Å². The van der Waals surface area contributed by atoms with Crippen molar-refractivity contribution in [2.24, 2.45) is 0 Å². The van der Waals surface area contributed by atoms with Crippen molar-refractivity contribution >= 4 is 11.6 Å². The lowest BCUT2D eigenvalue weighted by molar-refractivity contribution is 0.0987. The average Bonchev–Trinajstić information content (AvgIpc) is 2.38. The maximum Gasteiger partial charge on any atom is 0.276 e. The summed E-state index contributed by atoms with van der Waals surface area (Å²) in [5, 5.41) is 0. The quantitative estimate of drug-likeness (QED) is 0.761. The lowest BCUT2D eigenvalue weighted by Gasteiger charge is -2.16. The molecule has 0 aliphatic heterocycles. The Bertz CT molecular complexity index is 566. The molecule has 0 N–H and O–H groups in total. The molecule has 0 bridgehead atoms. The number of carbonyl (C=O) groups is 1. The lowest BCUT2D eigenvalue weighted by atomic mass is 10.2. The highest BCUT2D eigenvalue weighted by Crippen LogP contribution is 2.15. The van der Waals surface area contributed by atoms with Crippen LogP contribution in [0.3, 0.4) is 0 Å². The van der Waals surface area contributed by atoms with Crippen molar-refractivity contribution < 1.29 is 9.18 Å². The van der Waals surface area contributed by atoms with Gasteiger partial charge in [0, 0.05) is 12.7 Å². The third-order valence-electron chi connectivity index (χ3n) is 2.66. The summed E-state index contributed by atoms with van der Waals surface area (Å²) in [4.78, 5) is 17.1. The third kappa shape index (κ3) is 2.53. The van der Waals surface area contributed by atoms with Crippen LogP contribution in [0.2, 0.25) is 0 Å². The van der Waals surface area contributed by atoms with Crippen LogP contribution in [0.1, 0.15) is 16.1 Å². The van der Waals surface area contributed by atoms with Gasteiger partial charge in [-0.2, -0.15) is 4.39 Å². The fourth-order valence-corrected chi connectivity index (χ4v) is 1.58. The first-order valence-electron chi connectivity index (χ1n) is 5.55. The minimum atomic E-state index is -0.654. The third-order valence-corrected chi connectivity index (χ3v) is 2.66. The van der Waals surface area contributed by atoms with Crippen LogP contribution in [0.5, 0.6) is 0 Å². The van der Waals surface area contributed by atoms with Gasteiger partial charge in [0.05, 0.1) is 0 Å². The minimum absolute atomic E-state index is 0.0954. The van der Waals surface area contributed by atoms with E-state index in [2.05, 4.69) is 4.98 Å². The molecule has 0 radical (unpaired) electrons. The number of pyridine rings is 1. The molecule has 0 atom stereocenters. The number of halogens is 1. The van der Waals surface area contributed by atoms with E-state index in [1.54, 1.807) is 7.05 Å². The zero-order valence-corrected chi connectivity index (χ0v) is 10.2. The summed E-state index contributed by atoms with van der Waals surface area (Å²) in [5.41, 5.74) is 1.96. The van der Waals surface area contributed by atoms with Crippen molar-refractivity contribution in [1.29, 1.82) is 0 Å². The number of anilines is 1. The summed E-state index contributed by atoms with van der Waals surface area (Å²) >= 11 is 0. The van der Waals surface area contributed by atoms with Crippen molar-refractivity contribution in [3.8, 4) is 0 Å². The summed E-state index contributed by atoms with van der Waals surface area (Å²) in [6.07, 6.45) is 0. The maximum atomic E-state index is 13.0. The van der Waals surface area contributed by atoms with Gasteiger partial charge >= 0.3 is 0 Å². The molecule has 1 heterocycles. The van der Waals surface area contributed by atoms with Crippen LogP contribution in [0.25, 0.3) is 0 Å². The first-order chi connectivity index (χ1) is 8.58. The largest absolute Gasteiger partial charge is 0.310 e. The van der Waals surface area contributed by atoms with Crippen LogP contribution < -0.4 is 4.90 Å². The topological polar surface area (TPSA) is 33.2 Å². The van der Waals surface area contributed by atoms with Gasteiger partial charge in [-0.25, -0.2) is 4.98 Å². The molecule has 1 aromatic carbocycles. The standard InChI is InChI=1S/C14H13FN2O/c1-10-6-8-11(9-7-10)17(2)14(18)12-4-3-5-13(15)16-12/h3-9H,1-2H3. The molecule has 0 fully saturated rings. The Morgan fingerprint density at radius 2 is 1.83 bits per heavy atom. The number of carbonyl (C=O) groups excluding carboxylic acids is 1. The van der Waals surface area contributed by atoms with Crippen molar-refractivity contribution in [2.75, 3.05) is 11.9 Å². The monoisotopic (exact) mass is 244 g/mol. The smallest absolute Gasteiger partial charge is 0.276 e. The first kappa shape index (κ1) is 12.2. The van der Waals surface area contributed by atoms with E-state index in [0.29, 0.717) is 0 Å². The van der Waals surface area contributed by atoms with E-state index in [-0.39, 0.29) is 11.6 Å². The van der Waals surface area contributed by atoms with Crippen LogP contribution in [0.4, 0.5) is 10.1 Å². The number of hydrogen-bond acceptors (Lipinski definition) is 2. The molecular weight excluding hydrogens is 231 g/mol. The van der Waals surface area contributed by atoms with Gasteiger partial charge in [-0.05, 0) is 31.2 Å². The number of benzene rings is 1. The molecule has 0 aliphatic carbocycles. The van der Waals surface area contributed by atoms with Gasteiger partial charge in [0.25, 0.3) is 5.91 Å². The Balaban J connectivity index is 2.26. The van der Waals surface area contributed by atoms with Crippen molar-refractivity contribution in [2.45, 2.75) is 6.92 Å². The molecule has 1 amide bonds. The number of amides is 1. The normalized spacial score (nSPS) is 10.2. The van der Waals surface area contributed by atoms with Crippen molar-refractivity contribution in [3.63, 3.8) is 0 Å². The van der Waals surface area contributed by atoms with Gasteiger partial charge in [-0.3, -0.25) is 4.79 Å². The van der Waals surface area contributed by atoms with Gasteiger partial charge in [0.2, 0.25) is 5.95 Å². The van der Waals surface area contributed by atoms with Crippen LogP contribution in [-0.4, -0.2) is 17.9 Å². The summed E-state index contributed by atoms with van der Waals surface area (Å²) in [6.45, 7) is 1.97. The van der Waals surface area contributed by atoms with Crippen molar-refractivity contribution in [1.82, 2.24) is 4.98 Å². The van der Waals surface area contributed by atoms with Gasteiger partial charge in [0.1, 0.15) is 5.69 Å². The number of aromatic nitrogens is 1. The summed E-state index contributed by atoms with van der Waals surface area (Å²) in [6, 6.07) is 11.7. The first-order valence-corrected chi connectivity index (χ1v) is 5.55. The summed E-state index contributed by atoms with van der Waals surface area (Å²) < 4.78 is 13.0. The van der Waals surface area contributed by atoms with Gasteiger partial charge in [0.15, 0.2) is 0 Å². The Morgan fingerprint density at radius 3 is 2.44 bits per heavy atom. The zero-order valence-electron chi connectivity index (χ0n) is 10.2. The number of hydrogen-bond donors (Lipinski definition) is 0. The van der Waals surface area contributed by atoms with Gasteiger partial charge in [-0.15, -0.1) is 0 Å². The molecular formula is C14H13FN2O. The van der Waals surface area contributed by atoms with Gasteiger partial charge < -0.3 is 4.90 Å². The molecule has 0 saturated heterocycles. The van der Waals surface area contributed by atoms with Crippen LogP contribution in [0, 0.1) is 12.9 Å². The second kappa shape index (κ2) is 4.96. The van der Waals surface area contributed by atoms with E-state index in [0.717, 1.165) is 11.3 Å². The highest BCUT2D eigenvalue weighted by molar-refractivity contribution is 6.04. The molecule has 0 spiro atoms. The minimum Gasteiger partial charge on any atom is -0.310 e. The predicted octanol–water partition coefficient (Wildman–Crippen LogP) is 2.81. The zero-order chi connectivity index (χ0) is 13.1. The number of aryl methyl sites for hydroxylation is 1. The van der Waals surface area contributed by atoms with Gasteiger partial charge in [-0.1, -0.05) is 23.8 Å². The second-order valence-electron chi connectivity index (χ2n) is 4.05. The number of rotatable bonds is 2. The Kier molecular flexibility index (Phi) is 3.37. The molecule has 4 heteroatoms. The molecule has 2 rings (SSSR count). The van der Waals surface area contributed by atoms with E-state index in [1.165, 1.54) is 23.1 Å². The molecule has 2 aromatic rings. The predicted molar refractivity (Wildman–Crippen MR) is 68.1 cm³/mol. The summed E-state index contributed by atoms with van der Waals surface area (Å²) in [5.74, 6) is -0.989. The number of nitrogens with zero attached hydrogens (tertiary/aromatic N) is 2. The lowest BCUT2D eigenvalue weighted by Crippen LogP contribution is -2.27. The van der Waals surface area contributed by atoms with Crippen LogP contribution >= 0.6 is 0 Å². The highest BCUT2D eigenvalue weighted by atomic mass is 19.1. The maximum absolute atomic E-state index is 13.0. The molecule has 3 nitrogen and oxygen atoms in total. The average molecular weight is 244 g/mol. The van der Waals surface area contributed by atoms with E-state index in [9.17, 15) is 9.18 Å².